The van der Waals surface area contributed by atoms with E-state index in [1.807, 2.05) is 59.5 Å². The number of carbonyl (C=O) groups excluding carboxylic acids is 2. The van der Waals surface area contributed by atoms with Crippen LogP contribution in [0.15, 0.2) is 54.6 Å². The highest BCUT2D eigenvalue weighted by Crippen LogP contribution is 2.42. The van der Waals surface area contributed by atoms with Gasteiger partial charge in [-0.1, -0.05) is 56.0 Å². The molecule has 2 amide bonds. The van der Waals surface area contributed by atoms with Gasteiger partial charge < -0.3 is 5.32 Å². The van der Waals surface area contributed by atoms with E-state index in [-0.39, 0.29) is 17.2 Å². The van der Waals surface area contributed by atoms with E-state index in [1.54, 1.807) is 11.8 Å². The Kier molecular flexibility index (Phi) is 6.01. The van der Waals surface area contributed by atoms with Crippen LogP contribution < -0.4 is 10.2 Å². The average Bonchev–Trinajstić information content (AvgIpc) is 3.37. The molecule has 2 aliphatic rings. The summed E-state index contributed by atoms with van der Waals surface area (Å²) in [6, 6.07) is 17.7. The Hall–Kier alpha value is -2.27. The van der Waals surface area contributed by atoms with E-state index >= 15 is 0 Å². The van der Waals surface area contributed by atoms with E-state index in [4.69, 9.17) is 0 Å². The standard InChI is InChI=1S/C23H26N2O2S/c26-21(14-13-17-7-4-5-8-17)24-19-10-6-9-18(15-19)23-25(22(27)16-28-23)20-11-2-1-3-12-20/h1-3,6,9-12,15,17,23H,4-5,7-8,13-14,16H2,(H,24,26). The molecule has 1 aliphatic heterocycles. The second-order valence-corrected chi connectivity index (χ2v) is 8.69. The summed E-state index contributed by atoms with van der Waals surface area (Å²) >= 11 is 1.62. The smallest absolute Gasteiger partial charge is 0.238 e. The number of rotatable bonds is 6. The van der Waals surface area contributed by atoms with Gasteiger partial charge in [-0.2, -0.15) is 0 Å². The number of para-hydroxylation sites is 1. The van der Waals surface area contributed by atoms with Crippen molar-refractivity contribution in [3.8, 4) is 0 Å². The minimum Gasteiger partial charge on any atom is -0.326 e. The number of nitrogens with one attached hydrogen (secondary N) is 1. The van der Waals surface area contributed by atoms with E-state index in [1.165, 1.54) is 25.7 Å². The predicted octanol–water partition coefficient (Wildman–Crippen LogP) is 5.37. The third-order valence-corrected chi connectivity index (χ3v) is 6.82. The van der Waals surface area contributed by atoms with Crippen LogP contribution in [-0.4, -0.2) is 17.6 Å². The molecular formula is C23H26N2O2S. The lowest BCUT2D eigenvalue weighted by atomic mass is 10.0. The number of amides is 2. The van der Waals surface area contributed by atoms with Crippen molar-refractivity contribution in [1.82, 2.24) is 0 Å². The molecule has 1 heterocycles. The topological polar surface area (TPSA) is 49.4 Å². The molecule has 1 N–H and O–H groups in total. The molecule has 0 radical (unpaired) electrons. The summed E-state index contributed by atoms with van der Waals surface area (Å²) in [4.78, 5) is 26.7. The van der Waals surface area contributed by atoms with Gasteiger partial charge in [0.15, 0.2) is 0 Å². The van der Waals surface area contributed by atoms with Gasteiger partial charge in [0.05, 0.1) is 5.75 Å². The molecule has 1 unspecified atom stereocenters. The lowest BCUT2D eigenvalue weighted by Gasteiger charge is -2.24. The zero-order chi connectivity index (χ0) is 19.3. The zero-order valence-corrected chi connectivity index (χ0v) is 16.8. The molecule has 4 rings (SSSR count). The molecule has 28 heavy (non-hydrogen) atoms. The zero-order valence-electron chi connectivity index (χ0n) is 16.0. The van der Waals surface area contributed by atoms with Gasteiger partial charge in [-0.05, 0) is 42.2 Å². The Balaban J connectivity index is 1.44. The first kappa shape index (κ1) is 19.1. The molecule has 5 heteroatoms. The van der Waals surface area contributed by atoms with E-state index in [2.05, 4.69) is 5.32 Å². The van der Waals surface area contributed by atoms with Crippen LogP contribution in [0.4, 0.5) is 11.4 Å². The summed E-state index contributed by atoms with van der Waals surface area (Å²) < 4.78 is 0. The van der Waals surface area contributed by atoms with Gasteiger partial charge in [0.25, 0.3) is 0 Å². The highest BCUT2D eigenvalue weighted by Gasteiger charge is 2.34. The second-order valence-electron chi connectivity index (χ2n) is 7.63. The molecule has 1 aliphatic carbocycles. The van der Waals surface area contributed by atoms with Gasteiger partial charge in [-0.15, -0.1) is 11.8 Å². The SMILES string of the molecule is O=C(CCC1CCCC1)Nc1cccc(C2SCC(=O)N2c2ccccc2)c1. The first-order valence-electron chi connectivity index (χ1n) is 10.1. The van der Waals surface area contributed by atoms with E-state index in [0.717, 1.165) is 29.3 Å². The molecule has 1 saturated carbocycles. The summed E-state index contributed by atoms with van der Waals surface area (Å²) in [6.07, 6.45) is 6.73. The van der Waals surface area contributed by atoms with Crippen LogP contribution >= 0.6 is 11.8 Å². The van der Waals surface area contributed by atoms with Crippen LogP contribution in [0.1, 0.15) is 49.5 Å². The van der Waals surface area contributed by atoms with Crippen LogP contribution in [0.2, 0.25) is 0 Å². The predicted molar refractivity (Wildman–Crippen MR) is 115 cm³/mol. The van der Waals surface area contributed by atoms with Gasteiger partial charge in [0.2, 0.25) is 11.8 Å². The Morgan fingerprint density at radius 1 is 1.07 bits per heavy atom. The number of benzene rings is 2. The van der Waals surface area contributed by atoms with Crippen molar-refractivity contribution in [3.05, 3.63) is 60.2 Å². The van der Waals surface area contributed by atoms with Crippen LogP contribution in [0.3, 0.4) is 0 Å². The first-order valence-corrected chi connectivity index (χ1v) is 11.1. The molecule has 1 saturated heterocycles. The Labute approximate surface area is 170 Å². The molecule has 0 spiro atoms. The van der Waals surface area contributed by atoms with Gasteiger partial charge in [-0.25, -0.2) is 0 Å². The summed E-state index contributed by atoms with van der Waals surface area (Å²) in [6.45, 7) is 0. The van der Waals surface area contributed by atoms with Crippen molar-refractivity contribution in [2.75, 3.05) is 16.0 Å². The Bertz CT molecular complexity index is 834. The molecule has 2 aromatic carbocycles. The highest BCUT2D eigenvalue weighted by atomic mass is 32.2. The quantitative estimate of drug-likeness (QED) is 0.716. The van der Waals surface area contributed by atoms with Crippen LogP contribution in [0, 0.1) is 5.92 Å². The van der Waals surface area contributed by atoms with Crippen LogP contribution in [0.5, 0.6) is 0 Å². The molecule has 4 nitrogen and oxygen atoms in total. The van der Waals surface area contributed by atoms with E-state index in [0.29, 0.717) is 12.2 Å². The summed E-state index contributed by atoms with van der Waals surface area (Å²) in [5.41, 5.74) is 2.75. The largest absolute Gasteiger partial charge is 0.326 e. The highest BCUT2D eigenvalue weighted by molar-refractivity contribution is 8.00. The van der Waals surface area contributed by atoms with Crippen LogP contribution in [-0.2, 0) is 9.59 Å². The van der Waals surface area contributed by atoms with E-state index < -0.39 is 0 Å². The van der Waals surface area contributed by atoms with Crippen molar-refractivity contribution >= 4 is 35.0 Å². The molecular weight excluding hydrogens is 368 g/mol. The third-order valence-electron chi connectivity index (χ3n) is 5.61. The summed E-state index contributed by atoms with van der Waals surface area (Å²) in [5.74, 6) is 1.39. The maximum absolute atomic E-state index is 12.5. The van der Waals surface area contributed by atoms with Crippen molar-refractivity contribution in [1.29, 1.82) is 0 Å². The molecule has 2 aromatic rings. The fraction of sp³-hybridized carbons (Fsp3) is 0.391. The monoisotopic (exact) mass is 394 g/mol. The van der Waals surface area contributed by atoms with Gasteiger partial charge in [-0.3, -0.25) is 14.5 Å². The summed E-state index contributed by atoms with van der Waals surface area (Å²) in [7, 11) is 0. The number of anilines is 2. The second kappa shape index (κ2) is 8.82. The lowest BCUT2D eigenvalue weighted by molar-refractivity contribution is -0.117. The van der Waals surface area contributed by atoms with Gasteiger partial charge in [0.1, 0.15) is 5.37 Å². The van der Waals surface area contributed by atoms with Crippen LogP contribution in [0.25, 0.3) is 0 Å². The van der Waals surface area contributed by atoms with Gasteiger partial charge in [0, 0.05) is 17.8 Å². The minimum absolute atomic E-state index is 0.0646. The fourth-order valence-electron chi connectivity index (χ4n) is 4.17. The normalized spacial score (nSPS) is 19.9. The lowest BCUT2D eigenvalue weighted by Crippen LogP contribution is -2.27. The number of carbonyl (C=O) groups is 2. The maximum Gasteiger partial charge on any atom is 0.238 e. The average molecular weight is 395 g/mol. The molecule has 146 valence electrons. The summed E-state index contributed by atoms with van der Waals surface area (Å²) in [5, 5.41) is 2.98. The van der Waals surface area contributed by atoms with E-state index in [9.17, 15) is 9.59 Å². The maximum atomic E-state index is 12.5. The number of nitrogens with zero attached hydrogens (tertiary/aromatic N) is 1. The number of hydrogen-bond donors (Lipinski definition) is 1. The minimum atomic E-state index is -0.0646. The van der Waals surface area contributed by atoms with Crippen molar-refractivity contribution in [3.63, 3.8) is 0 Å². The van der Waals surface area contributed by atoms with Crippen molar-refractivity contribution in [2.45, 2.75) is 43.9 Å². The number of thioether (sulfide) groups is 1. The Morgan fingerprint density at radius 2 is 1.86 bits per heavy atom. The van der Waals surface area contributed by atoms with Crippen molar-refractivity contribution in [2.24, 2.45) is 5.92 Å². The van der Waals surface area contributed by atoms with Gasteiger partial charge >= 0.3 is 0 Å². The Morgan fingerprint density at radius 3 is 2.64 bits per heavy atom. The third kappa shape index (κ3) is 4.41. The number of hydrogen-bond acceptors (Lipinski definition) is 3. The first-order chi connectivity index (χ1) is 13.7. The fourth-order valence-corrected chi connectivity index (χ4v) is 5.33. The molecule has 2 fully saturated rings. The molecule has 0 aromatic heterocycles. The molecule has 1 atom stereocenters. The van der Waals surface area contributed by atoms with Crippen molar-refractivity contribution < 1.29 is 9.59 Å². The molecule has 0 bridgehead atoms.